The van der Waals surface area contributed by atoms with Gasteiger partial charge in [0.1, 0.15) is 0 Å². The van der Waals surface area contributed by atoms with Gasteiger partial charge in [-0.15, -0.1) is 0 Å². The molecule has 0 bridgehead atoms. The lowest BCUT2D eigenvalue weighted by molar-refractivity contribution is 0.698. The minimum Gasteiger partial charge on any atom is -0.0759 e. The van der Waals surface area contributed by atoms with Crippen molar-refractivity contribution in [2.45, 2.75) is 83.8 Å². The summed E-state index contributed by atoms with van der Waals surface area (Å²) in [6.07, 6.45) is 11.7. The molecule has 0 heterocycles. The monoisotopic (exact) mass is 269 g/mol. The number of hydrogen-bond donors (Lipinski definition) is 0. The molecule has 0 amide bonds. The predicted octanol–water partition coefficient (Wildman–Crippen LogP) is 4.51. The van der Waals surface area contributed by atoms with Crippen LogP contribution in [-0.4, -0.2) is 25.9 Å². The number of hydrogen-bond acceptors (Lipinski definition) is 0. The van der Waals surface area contributed by atoms with Crippen LogP contribution in [0.4, 0.5) is 0 Å². The van der Waals surface area contributed by atoms with E-state index in [0.717, 1.165) is 0 Å². The van der Waals surface area contributed by atoms with Gasteiger partial charge in [0.15, 0.2) is 0 Å². The van der Waals surface area contributed by atoms with Gasteiger partial charge < -0.3 is 0 Å². The first-order valence-corrected chi connectivity index (χ1v) is 13.5. The van der Waals surface area contributed by atoms with Gasteiger partial charge in [-0.1, -0.05) is 83.8 Å². The summed E-state index contributed by atoms with van der Waals surface area (Å²) in [5.74, 6) is 0. The fourth-order valence-corrected chi connectivity index (χ4v) is 10.8. The van der Waals surface area contributed by atoms with Crippen molar-refractivity contribution in [3.05, 3.63) is 0 Å². The molecule has 0 aliphatic rings. The van der Waals surface area contributed by atoms with Crippen molar-refractivity contribution in [2.24, 2.45) is 0 Å². The Balaban J connectivity index is 3.29. The molecule has 0 aliphatic heterocycles. The fourth-order valence-electron chi connectivity index (χ4n) is 1.82. The van der Waals surface area contributed by atoms with Crippen LogP contribution < -0.4 is 0 Å². The molecule has 0 atom stereocenters. The van der Waals surface area contributed by atoms with Gasteiger partial charge in [0, 0.05) is 25.9 Å². The second kappa shape index (κ2) is 13.7. The van der Waals surface area contributed by atoms with E-state index in [9.17, 15) is 0 Å². The molecular formula is C13H29Si3. The summed E-state index contributed by atoms with van der Waals surface area (Å²) in [4.78, 5) is 0. The average Bonchev–Trinajstić information content (AvgIpc) is 2.31. The lowest BCUT2D eigenvalue weighted by Gasteiger charge is -2.11. The molecule has 5 radical (unpaired) electrons. The maximum atomic E-state index is 2.45. The quantitative estimate of drug-likeness (QED) is 0.361. The van der Waals surface area contributed by atoms with Gasteiger partial charge in [0.2, 0.25) is 0 Å². The number of rotatable bonds is 12. The van der Waals surface area contributed by atoms with Gasteiger partial charge in [0.05, 0.1) is 0 Å². The summed E-state index contributed by atoms with van der Waals surface area (Å²) in [6, 6.07) is 3.18. The highest BCUT2D eigenvalue weighted by Crippen LogP contribution is 2.08. The van der Waals surface area contributed by atoms with E-state index in [-0.39, 0.29) is 7.83 Å². The Labute approximate surface area is 110 Å². The maximum Gasteiger partial charge on any atom is 0.0222 e. The second-order valence-corrected chi connectivity index (χ2v) is 15.0. The predicted molar refractivity (Wildman–Crippen MR) is 81.0 cm³/mol. The standard InChI is InChI=1S/C13H29Si3/c1-4-6-8-10-12-15-16(14-3)13-11-9-7-5-2/h4-13H2,1-3H3. The Bertz CT molecular complexity index is 128. The van der Waals surface area contributed by atoms with Gasteiger partial charge in [-0.05, 0) is 0 Å². The highest BCUT2D eigenvalue weighted by molar-refractivity contribution is 7.39. The smallest absolute Gasteiger partial charge is 0.0222 e. The molecule has 0 aromatic rings. The zero-order valence-corrected chi connectivity index (χ0v) is 14.6. The molecule has 0 saturated carbocycles. The molecule has 0 unspecified atom stereocenters. The lowest BCUT2D eigenvalue weighted by Crippen LogP contribution is -2.28. The largest absolute Gasteiger partial charge is 0.0759 e. The van der Waals surface area contributed by atoms with Crippen molar-refractivity contribution in [1.82, 2.24) is 0 Å². The van der Waals surface area contributed by atoms with Crippen molar-refractivity contribution in [2.75, 3.05) is 0 Å². The molecule has 0 N–H and O–H groups in total. The Morgan fingerprint density at radius 3 is 2.00 bits per heavy atom. The van der Waals surface area contributed by atoms with E-state index in [1.165, 1.54) is 69.4 Å². The second-order valence-electron chi connectivity index (χ2n) is 4.53. The van der Waals surface area contributed by atoms with Gasteiger partial charge in [-0.2, -0.15) is 0 Å². The summed E-state index contributed by atoms with van der Waals surface area (Å²) < 4.78 is 0. The van der Waals surface area contributed by atoms with E-state index in [1.807, 2.05) is 0 Å². The summed E-state index contributed by atoms with van der Waals surface area (Å²) in [6.45, 7) is 7.06. The normalized spacial score (nSPS) is 11.2. The summed E-state index contributed by atoms with van der Waals surface area (Å²) in [7, 11) is 2.75. The van der Waals surface area contributed by atoms with Crippen LogP contribution >= 0.6 is 0 Å². The molecule has 0 aromatic heterocycles. The van der Waals surface area contributed by atoms with Crippen molar-refractivity contribution >= 4 is 25.9 Å². The zero-order chi connectivity index (χ0) is 12.1. The fraction of sp³-hybridized carbons (Fsp3) is 1.00. The van der Waals surface area contributed by atoms with Gasteiger partial charge >= 0.3 is 0 Å². The summed E-state index contributed by atoms with van der Waals surface area (Å²) in [5.41, 5.74) is 0. The average molecular weight is 270 g/mol. The molecular weight excluding hydrogens is 240 g/mol. The first-order valence-electron chi connectivity index (χ1n) is 7.12. The molecule has 0 aliphatic carbocycles. The van der Waals surface area contributed by atoms with E-state index in [1.54, 1.807) is 12.1 Å². The summed E-state index contributed by atoms with van der Waals surface area (Å²) >= 11 is 0. The highest BCUT2D eigenvalue weighted by Gasteiger charge is 2.08. The van der Waals surface area contributed by atoms with Gasteiger partial charge in [-0.3, -0.25) is 0 Å². The van der Waals surface area contributed by atoms with Crippen LogP contribution in [-0.2, 0) is 0 Å². The minimum atomic E-state index is 0.104. The Kier molecular flexibility index (Phi) is 14.3. The van der Waals surface area contributed by atoms with Crippen LogP contribution in [0, 0.1) is 0 Å². The SMILES string of the molecule is CCCCCC[Si][Si](CCCCCC)[Si]C. The van der Waals surface area contributed by atoms with Crippen molar-refractivity contribution in [3.63, 3.8) is 0 Å². The van der Waals surface area contributed by atoms with Crippen molar-refractivity contribution < 1.29 is 0 Å². The van der Waals surface area contributed by atoms with Gasteiger partial charge in [-0.25, -0.2) is 0 Å². The molecule has 0 rings (SSSR count). The van der Waals surface area contributed by atoms with E-state index in [4.69, 9.17) is 0 Å². The van der Waals surface area contributed by atoms with Gasteiger partial charge in [0.25, 0.3) is 0 Å². The molecule has 0 aromatic carbocycles. The Morgan fingerprint density at radius 1 is 0.812 bits per heavy atom. The van der Waals surface area contributed by atoms with Crippen LogP contribution in [0.25, 0.3) is 0 Å². The third-order valence-corrected chi connectivity index (χ3v) is 14.6. The van der Waals surface area contributed by atoms with Crippen LogP contribution in [0.5, 0.6) is 0 Å². The molecule has 93 valence electrons. The third kappa shape index (κ3) is 11.1. The first-order chi connectivity index (χ1) is 7.85. The zero-order valence-electron chi connectivity index (χ0n) is 11.6. The van der Waals surface area contributed by atoms with Crippen molar-refractivity contribution in [1.29, 1.82) is 0 Å². The number of unbranched alkanes of at least 4 members (excludes halogenated alkanes) is 6. The lowest BCUT2D eigenvalue weighted by atomic mass is 10.2. The van der Waals surface area contributed by atoms with Crippen LogP contribution in [0.3, 0.4) is 0 Å². The van der Waals surface area contributed by atoms with Crippen LogP contribution in [0.15, 0.2) is 0 Å². The summed E-state index contributed by atoms with van der Waals surface area (Å²) in [5, 5.41) is 0. The molecule has 0 nitrogen and oxygen atoms in total. The van der Waals surface area contributed by atoms with Crippen LogP contribution in [0.1, 0.15) is 65.2 Å². The third-order valence-electron chi connectivity index (χ3n) is 2.95. The Morgan fingerprint density at radius 2 is 1.44 bits per heavy atom. The van der Waals surface area contributed by atoms with Crippen LogP contribution in [0.2, 0.25) is 18.6 Å². The highest BCUT2D eigenvalue weighted by atomic mass is 29.6. The molecule has 0 spiro atoms. The van der Waals surface area contributed by atoms with E-state index in [0.29, 0.717) is 0 Å². The first kappa shape index (κ1) is 16.7. The van der Waals surface area contributed by atoms with E-state index >= 15 is 0 Å². The Hall–Kier alpha value is 0.651. The molecule has 3 heteroatoms. The van der Waals surface area contributed by atoms with E-state index < -0.39 is 0 Å². The maximum absolute atomic E-state index is 2.45. The minimum absolute atomic E-state index is 0.104. The van der Waals surface area contributed by atoms with E-state index in [2.05, 4.69) is 20.4 Å². The molecule has 0 fully saturated rings. The van der Waals surface area contributed by atoms with Crippen molar-refractivity contribution in [3.8, 4) is 0 Å². The molecule has 16 heavy (non-hydrogen) atoms. The molecule has 0 saturated heterocycles. The topological polar surface area (TPSA) is 0 Å².